The summed E-state index contributed by atoms with van der Waals surface area (Å²) in [6, 6.07) is 9.46. The Balaban J connectivity index is 1.63. The van der Waals surface area contributed by atoms with Gasteiger partial charge in [-0.25, -0.2) is 9.37 Å². The van der Waals surface area contributed by atoms with Crippen molar-refractivity contribution in [3.05, 3.63) is 41.7 Å². The average Bonchev–Trinajstić information content (AvgIpc) is 3.41. The van der Waals surface area contributed by atoms with Gasteiger partial charge in [-0.15, -0.1) is 11.8 Å². The van der Waals surface area contributed by atoms with E-state index in [1.807, 2.05) is 23.4 Å². The van der Waals surface area contributed by atoms with Crippen molar-refractivity contribution in [1.29, 1.82) is 0 Å². The van der Waals surface area contributed by atoms with E-state index >= 15 is 0 Å². The third-order valence-electron chi connectivity index (χ3n) is 6.13. The molecule has 152 valence electrons. The van der Waals surface area contributed by atoms with Gasteiger partial charge in [-0.2, -0.15) is 0 Å². The number of hydrogen-bond donors (Lipinski definition) is 1. The van der Waals surface area contributed by atoms with Crippen molar-refractivity contribution < 1.29 is 9.18 Å². The summed E-state index contributed by atoms with van der Waals surface area (Å²) in [4.78, 5) is 17.2. The molecule has 6 rings (SSSR count). The fourth-order valence-electron chi connectivity index (χ4n) is 4.52. The summed E-state index contributed by atoms with van der Waals surface area (Å²) in [5.41, 5.74) is 4.64. The van der Waals surface area contributed by atoms with Crippen LogP contribution in [0.5, 0.6) is 0 Å². The monoisotopic (exact) mass is 420 g/mol. The maximum Gasteiger partial charge on any atom is 0.157 e. The molecule has 2 aliphatic rings. The number of anilines is 1. The number of aldehydes is 1. The molecule has 0 spiro atoms. The quantitative estimate of drug-likeness (QED) is 0.468. The van der Waals surface area contributed by atoms with Gasteiger partial charge in [0, 0.05) is 41.7 Å². The lowest BCUT2D eigenvalue weighted by Crippen LogP contribution is -2.12. The van der Waals surface area contributed by atoms with Gasteiger partial charge in [0.15, 0.2) is 5.82 Å². The van der Waals surface area contributed by atoms with Gasteiger partial charge >= 0.3 is 0 Å². The maximum atomic E-state index is 14.7. The summed E-state index contributed by atoms with van der Waals surface area (Å²) in [6.07, 6.45) is 3.16. The molecule has 0 unspecified atom stereocenters. The minimum Gasteiger partial charge on any atom is -0.382 e. The van der Waals surface area contributed by atoms with Crippen LogP contribution in [0.15, 0.2) is 35.2 Å². The van der Waals surface area contributed by atoms with E-state index in [1.165, 1.54) is 40.4 Å². The van der Waals surface area contributed by atoms with Gasteiger partial charge in [-0.05, 0) is 43.0 Å². The molecule has 1 aliphatic heterocycles. The molecule has 1 fully saturated rings. The number of halogens is 1. The van der Waals surface area contributed by atoms with E-state index in [4.69, 9.17) is 4.98 Å². The summed E-state index contributed by atoms with van der Waals surface area (Å²) < 4.78 is 18.9. The van der Waals surface area contributed by atoms with Crippen LogP contribution in [-0.2, 0) is 13.6 Å². The number of imidazole rings is 1. The average molecular weight is 421 g/mol. The normalized spacial score (nSPS) is 16.1. The van der Waals surface area contributed by atoms with Gasteiger partial charge in [0.1, 0.15) is 17.6 Å². The Morgan fingerprint density at radius 1 is 1.27 bits per heavy atom. The molecule has 0 saturated heterocycles. The molecule has 0 amide bonds. The molecule has 3 heterocycles. The van der Waals surface area contributed by atoms with Gasteiger partial charge in [0.25, 0.3) is 0 Å². The predicted octanol–water partition coefficient (Wildman–Crippen LogP) is 5.07. The maximum absolute atomic E-state index is 14.7. The SMILES string of the molecule is Cn1c(-c2cc3ccc4c(c3n2CC2CC2)NCCS4)nc2cc(C=O)cc(F)c21. The Hall–Kier alpha value is -2.80. The highest BCUT2D eigenvalue weighted by Gasteiger charge is 2.28. The smallest absolute Gasteiger partial charge is 0.157 e. The second-order valence-electron chi connectivity index (χ2n) is 8.22. The van der Waals surface area contributed by atoms with Crippen LogP contribution >= 0.6 is 11.8 Å². The molecule has 1 aliphatic carbocycles. The molecule has 1 saturated carbocycles. The number of thioether (sulfide) groups is 1. The third kappa shape index (κ3) is 2.68. The van der Waals surface area contributed by atoms with E-state index in [2.05, 4.69) is 28.1 Å². The first kappa shape index (κ1) is 18.0. The molecule has 0 bridgehead atoms. The molecule has 2 aromatic carbocycles. The highest BCUT2D eigenvalue weighted by Crippen LogP contribution is 2.42. The molecule has 30 heavy (non-hydrogen) atoms. The van der Waals surface area contributed by atoms with Crippen molar-refractivity contribution in [3.63, 3.8) is 0 Å². The van der Waals surface area contributed by atoms with E-state index < -0.39 is 5.82 Å². The number of aryl methyl sites for hydroxylation is 1. The molecule has 4 aromatic rings. The zero-order valence-corrected chi connectivity index (χ0v) is 17.4. The Morgan fingerprint density at radius 3 is 2.93 bits per heavy atom. The van der Waals surface area contributed by atoms with Crippen LogP contribution in [0.25, 0.3) is 33.5 Å². The number of rotatable bonds is 4. The van der Waals surface area contributed by atoms with Crippen LogP contribution < -0.4 is 5.32 Å². The second kappa shape index (κ2) is 6.60. The van der Waals surface area contributed by atoms with E-state index in [1.54, 1.807) is 6.07 Å². The fourth-order valence-corrected chi connectivity index (χ4v) is 5.42. The van der Waals surface area contributed by atoms with Gasteiger partial charge in [-0.3, -0.25) is 4.79 Å². The standard InChI is InChI=1S/C23H21FN4OS/c1-27-22-16(24)8-14(12-29)9-17(22)26-23(27)18-10-15-4-5-19-20(25-6-7-30-19)21(15)28(18)11-13-2-3-13/h4-5,8-10,12-13,25H,2-3,6-7,11H2,1H3. The fraction of sp³-hybridized carbons (Fsp3) is 0.304. The summed E-state index contributed by atoms with van der Waals surface area (Å²) in [5.74, 6) is 2.05. The van der Waals surface area contributed by atoms with Crippen LogP contribution in [-0.4, -0.2) is 32.7 Å². The molecule has 0 atom stereocenters. The molecule has 7 heteroatoms. The third-order valence-corrected chi connectivity index (χ3v) is 7.19. The minimum atomic E-state index is -0.420. The zero-order chi connectivity index (χ0) is 20.4. The number of carbonyl (C=O) groups excluding carboxylic acids is 1. The van der Waals surface area contributed by atoms with E-state index in [0.29, 0.717) is 28.8 Å². The molecule has 5 nitrogen and oxygen atoms in total. The zero-order valence-electron chi connectivity index (χ0n) is 16.6. The number of nitrogens with zero attached hydrogens (tertiary/aromatic N) is 3. The first-order valence-corrected chi connectivity index (χ1v) is 11.3. The van der Waals surface area contributed by atoms with Crippen molar-refractivity contribution in [2.45, 2.75) is 24.3 Å². The summed E-state index contributed by atoms with van der Waals surface area (Å²) in [6.45, 7) is 1.89. The van der Waals surface area contributed by atoms with Crippen LogP contribution in [0, 0.1) is 11.7 Å². The molecule has 2 aromatic heterocycles. The number of aromatic nitrogens is 3. The Labute approximate surface area is 177 Å². The second-order valence-corrected chi connectivity index (χ2v) is 9.35. The summed E-state index contributed by atoms with van der Waals surface area (Å²) in [7, 11) is 1.84. The van der Waals surface area contributed by atoms with Crippen LogP contribution in [0.1, 0.15) is 23.2 Å². The van der Waals surface area contributed by atoms with Crippen LogP contribution in [0.2, 0.25) is 0 Å². The van der Waals surface area contributed by atoms with E-state index in [9.17, 15) is 9.18 Å². The summed E-state index contributed by atoms with van der Waals surface area (Å²) >= 11 is 1.89. The number of nitrogens with one attached hydrogen (secondary N) is 1. The topological polar surface area (TPSA) is 51.9 Å². The highest BCUT2D eigenvalue weighted by molar-refractivity contribution is 7.99. The first-order valence-electron chi connectivity index (χ1n) is 10.3. The first-order chi connectivity index (χ1) is 14.6. The number of carbonyl (C=O) groups is 1. The highest BCUT2D eigenvalue weighted by atomic mass is 32.2. The van der Waals surface area contributed by atoms with E-state index in [-0.39, 0.29) is 0 Å². The molecular formula is C23H21FN4OS. The van der Waals surface area contributed by atoms with Gasteiger partial charge in [0.2, 0.25) is 0 Å². The van der Waals surface area contributed by atoms with Crippen molar-refractivity contribution >= 4 is 45.7 Å². The summed E-state index contributed by atoms with van der Waals surface area (Å²) in [5, 5.41) is 4.77. The van der Waals surface area contributed by atoms with Crippen molar-refractivity contribution in [1.82, 2.24) is 14.1 Å². The lowest BCUT2D eigenvalue weighted by Gasteiger charge is -2.20. The van der Waals surface area contributed by atoms with Crippen LogP contribution in [0.4, 0.5) is 10.1 Å². The van der Waals surface area contributed by atoms with Crippen molar-refractivity contribution in [2.75, 3.05) is 17.6 Å². The van der Waals surface area contributed by atoms with Crippen molar-refractivity contribution in [2.24, 2.45) is 13.0 Å². The lowest BCUT2D eigenvalue weighted by molar-refractivity contribution is 0.112. The minimum absolute atomic E-state index is 0.304. The van der Waals surface area contributed by atoms with Crippen molar-refractivity contribution in [3.8, 4) is 11.5 Å². The number of hydrogen-bond acceptors (Lipinski definition) is 4. The van der Waals surface area contributed by atoms with Crippen LogP contribution in [0.3, 0.4) is 0 Å². The lowest BCUT2D eigenvalue weighted by atomic mass is 10.2. The van der Waals surface area contributed by atoms with Gasteiger partial charge < -0.3 is 14.5 Å². The van der Waals surface area contributed by atoms with E-state index in [0.717, 1.165) is 30.4 Å². The number of benzene rings is 2. The molecule has 1 N–H and O–H groups in total. The Kier molecular flexibility index (Phi) is 3.96. The predicted molar refractivity (Wildman–Crippen MR) is 119 cm³/mol. The molecular weight excluding hydrogens is 399 g/mol. The Bertz CT molecular complexity index is 1330. The largest absolute Gasteiger partial charge is 0.382 e. The van der Waals surface area contributed by atoms with Gasteiger partial charge in [-0.1, -0.05) is 6.07 Å². The molecule has 0 radical (unpaired) electrons. The number of fused-ring (bicyclic) bond motifs is 4. The van der Waals surface area contributed by atoms with Gasteiger partial charge in [0.05, 0.1) is 22.4 Å². The Morgan fingerprint density at radius 2 is 2.13 bits per heavy atom.